The van der Waals surface area contributed by atoms with Gasteiger partial charge in [0.2, 0.25) is 5.95 Å². The van der Waals surface area contributed by atoms with Crippen LogP contribution < -0.4 is 14.5 Å². The number of amides is 1. The number of carbonyl (C=O) groups is 1. The fourth-order valence-corrected chi connectivity index (χ4v) is 5.86. The minimum absolute atomic E-state index is 0.155. The number of benzene rings is 2. The fraction of sp³-hybridized carbons (Fsp3) is 0.433. The van der Waals surface area contributed by atoms with Gasteiger partial charge in [0, 0.05) is 42.6 Å². The van der Waals surface area contributed by atoms with Gasteiger partial charge in [-0.25, -0.2) is 14.4 Å². The van der Waals surface area contributed by atoms with E-state index in [2.05, 4.69) is 9.88 Å². The second-order valence-electron chi connectivity index (χ2n) is 10.4. The quantitative estimate of drug-likeness (QED) is 0.392. The van der Waals surface area contributed by atoms with Gasteiger partial charge in [0.1, 0.15) is 11.6 Å². The lowest BCUT2D eigenvalue weighted by Gasteiger charge is -2.41. The number of piperidine rings is 1. The molecule has 1 aliphatic heterocycles. The topological polar surface area (TPSA) is 58.6 Å². The van der Waals surface area contributed by atoms with E-state index in [1.54, 1.807) is 36.4 Å². The molecule has 1 aliphatic carbocycles. The van der Waals surface area contributed by atoms with E-state index in [-0.39, 0.29) is 17.5 Å². The molecule has 1 aromatic heterocycles. The smallest absolute Gasteiger partial charge is 0.262 e. The van der Waals surface area contributed by atoms with Gasteiger partial charge >= 0.3 is 0 Å². The van der Waals surface area contributed by atoms with Crippen molar-refractivity contribution in [3.8, 4) is 17.0 Å². The van der Waals surface area contributed by atoms with Crippen molar-refractivity contribution in [1.82, 2.24) is 9.97 Å². The van der Waals surface area contributed by atoms with Crippen LogP contribution in [0.15, 0.2) is 54.7 Å². The van der Waals surface area contributed by atoms with Crippen LogP contribution in [-0.4, -0.2) is 42.1 Å². The van der Waals surface area contributed by atoms with Crippen molar-refractivity contribution in [3.05, 3.63) is 66.1 Å². The van der Waals surface area contributed by atoms with Crippen LogP contribution in [0.3, 0.4) is 0 Å². The number of rotatable bonds is 6. The Balaban J connectivity index is 1.55. The number of anilines is 2. The molecule has 0 spiro atoms. The highest BCUT2D eigenvalue weighted by molar-refractivity contribution is 6.10. The molecule has 2 heterocycles. The lowest BCUT2D eigenvalue weighted by molar-refractivity contribution is 0.0980. The molecule has 37 heavy (non-hydrogen) atoms. The van der Waals surface area contributed by atoms with E-state index >= 15 is 4.39 Å². The van der Waals surface area contributed by atoms with Crippen molar-refractivity contribution >= 4 is 17.5 Å². The van der Waals surface area contributed by atoms with Crippen molar-refractivity contribution < 1.29 is 13.9 Å². The van der Waals surface area contributed by atoms with E-state index in [1.165, 1.54) is 31.7 Å². The van der Waals surface area contributed by atoms with Crippen molar-refractivity contribution in [2.75, 3.05) is 30.0 Å². The molecule has 2 aromatic carbocycles. The van der Waals surface area contributed by atoms with Gasteiger partial charge in [0.05, 0.1) is 18.4 Å². The lowest BCUT2D eigenvalue weighted by atomic mass is 9.75. The van der Waals surface area contributed by atoms with E-state index in [0.29, 0.717) is 34.6 Å². The number of halogens is 1. The number of ether oxygens (including phenoxy) is 1. The minimum Gasteiger partial charge on any atom is -0.497 e. The molecule has 3 aromatic rings. The summed E-state index contributed by atoms with van der Waals surface area (Å²) in [5.74, 6) is 1.95. The van der Waals surface area contributed by atoms with Crippen LogP contribution in [0.25, 0.3) is 11.3 Å². The number of nitrogens with zero attached hydrogens (tertiary/aromatic N) is 4. The molecule has 1 amide bonds. The summed E-state index contributed by atoms with van der Waals surface area (Å²) in [7, 11) is 1.60. The van der Waals surface area contributed by atoms with E-state index in [1.807, 2.05) is 38.1 Å². The summed E-state index contributed by atoms with van der Waals surface area (Å²) in [4.78, 5) is 27.5. The summed E-state index contributed by atoms with van der Waals surface area (Å²) in [6.45, 7) is 5.69. The maximum Gasteiger partial charge on any atom is 0.262 e. The number of methoxy groups -OCH3 is 1. The summed E-state index contributed by atoms with van der Waals surface area (Å²) in [6.07, 6.45) is 7.85. The van der Waals surface area contributed by atoms with Gasteiger partial charge < -0.3 is 14.5 Å². The van der Waals surface area contributed by atoms with Gasteiger partial charge in [0.25, 0.3) is 5.91 Å². The molecule has 0 radical (unpaired) electrons. The van der Waals surface area contributed by atoms with Gasteiger partial charge in [-0.15, -0.1) is 0 Å². The fourth-order valence-electron chi connectivity index (χ4n) is 5.86. The van der Waals surface area contributed by atoms with Crippen LogP contribution in [0, 0.1) is 17.7 Å². The molecule has 2 atom stereocenters. The van der Waals surface area contributed by atoms with Gasteiger partial charge in [-0.3, -0.25) is 4.79 Å². The Morgan fingerprint density at radius 2 is 1.86 bits per heavy atom. The Hall–Kier alpha value is -3.48. The van der Waals surface area contributed by atoms with Crippen LogP contribution in [-0.2, 0) is 0 Å². The van der Waals surface area contributed by atoms with Gasteiger partial charge in [-0.2, -0.15) is 0 Å². The van der Waals surface area contributed by atoms with Crippen LogP contribution in [0.4, 0.5) is 16.0 Å². The van der Waals surface area contributed by atoms with Crippen molar-refractivity contribution in [3.63, 3.8) is 0 Å². The summed E-state index contributed by atoms with van der Waals surface area (Å²) >= 11 is 0. The van der Waals surface area contributed by atoms with Crippen LogP contribution in [0.2, 0.25) is 0 Å². The summed E-state index contributed by atoms with van der Waals surface area (Å²) in [6, 6.07) is 13.7. The third kappa shape index (κ3) is 5.17. The largest absolute Gasteiger partial charge is 0.497 e. The minimum atomic E-state index is -0.412. The van der Waals surface area contributed by atoms with Gasteiger partial charge in [-0.05, 0) is 62.8 Å². The van der Waals surface area contributed by atoms with E-state index in [0.717, 1.165) is 25.4 Å². The van der Waals surface area contributed by atoms with Crippen LogP contribution in [0.5, 0.6) is 5.75 Å². The first-order valence-electron chi connectivity index (χ1n) is 13.3. The molecule has 2 fully saturated rings. The highest BCUT2D eigenvalue weighted by Gasteiger charge is 2.33. The normalized spacial score (nSPS) is 19.4. The second-order valence-corrected chi connectivity index (χ2v) is 10.4. The summed E-state index contributed by atoms with van der Waals surface area (Å²) < 4.78 is 20.5. The lowest BCUT2D eigenvalue weighted by Crippen LogP contribution is -2.42. The number of hydrogen-bond donors (Lipinski definition) is 0. The highest BCUT2D eigenvalue weighted by Crippen LogP contribution is 2.38. The summed E-state index contributed by atoms with van der Waals surface area (Å²) in [5, 5.41) is 0. The van der Waals surface area contributed by atoms with Crippen molar-refractivity contribution in [2.45, 2.75) is 52.0 Å². The van der Waals surface area contributed by atoms with Crippen molar-refractivity contribution in [1.29, 1.82) is 0 Å². The zero-order valence-corrected chi connectivity index (χ0v) is 21.9. The van der Waals surface area contributed by atoms with Crippen molar-refractivity contribution in [2.24, 2.45) is 11.8 Å². The first kappa shape index (κ1) is 25.2. The molecule has 2 aliphatic rings. The third-order valence-corrected chi connectivity index (χ3v) is 7.78. The third-order valence-electron chi connectivity index (χ3n) is 7.78. The molecule has 6 nitrogen and oxygen atoms in total. The number of fused-ring (bicyclic) bond motifs is 1. The van der Waals surface area contributed by atoms with Gasteiger partial charge in [0.15, 0.2) is 0 Å². The van der Waals surface area contributed by atoms with Crippen LogP contribution in [0.1, 0.15) is 56.3 Å². The second kappa shape index (κ2) is 10.9. The molecule has 2 unspecified atom stereocenters. The Kier molecular flexibility index (Phi) is 7.40. The van der Waals surface area contributed by atoms with Crippen LogP contribution >= 0.6 is 0 Å². The molecule has 0 N–H and O–H groups in total. The molecular formula is C30H35FN4O2. The molecule has 1 saturated carbocycles. The van der Waals surface area contributed by atoms with E-state index in [4.69, 9.17) is 9.72 Å². The average Bonchev–Trinajstić information content (AvgIpc) is 2.92. The predicted octanol–water partition coefficient (Wildman–Crippen LogP) is 6.36. The molecular weight excluding hydrogens is 467 g/mol. The SMILES string of the molecule is COc1cccc(N(C(=O)c2cnc(N3CCC4CCCCC4C3)nc2-c2ccccc2F)C(C)C)c1. The summed E-state index contributed by atoms with van der Waals surface area (Å²) in [5.41, 5.74) is 1.60. The highest BCUT2D eigenvalue weighted by atomic mass is 19.1. The maximum absolute atomic E-state index is 15.1. The predicted molar refractivity (Wildman–Crippen MR) is 145 cm³/mol. The zero-order chi connectivity index (χ0) is 25.9. The Morgan fingerprint density at radius 3 is 2.62 bits per heavy atom. The van der Waals surface area contributed by atoms with E-state index < -0.39 is 5.82 Å². The van der Waals surface area contributed by atoms with Gasteiger partial charge in [-0.1, -0.05) is 37.5 Å². The molecule has 194 valence electrons. The Labute approximate surface area is 218 Å². The number of carbonyl (C=O) groups excluding carboxylic acids is 1. The molecule has 7 heteroatoms. The zero-order valence-electron chi connectivity index (χ0n) is 21.9. The maximum atomic E-state index is 15.1. The average molecular weight is 503 g/mol. The molecule has 1 saturated heterocycles. The first-order valence-corrected chi connectivity index (χ1v) is 13.3. The number of hydrogen-bond acceptors (Lipinski definition) is 5. The number of aromatic nitrogens is 2. The monoisotopic (exact) mass is 502 g/mol. The Bertz CT molecular complexity index is 1260. The Morgan fingerprint density at radius 1 is 1.08 bits per heavy atom. The molecule has 5 rings (SSSR count). The van der Waals surface area contributed by atoms with E-state index in [9.17, 15) is 4.79 Å². The standard InChI is InChI=1S/C30H35FN4O2/c1-20(2)35(23-11-8-12-24(17-23)37-3)29(36)26-18-32-30(33-28(26)25-13-6-7-14-27(25)31)34-16-15-21-9-4-5-10-22(21)19-34/h6-8,11-14,17-18,20-22H,4-5,9-10,15-16,19H2,1-3H3. The molecule has 0 bridgehead atoms. The first-order chi connectivity index (χ1) is 18.0.